The third kappa shape index (κ3) is 6.62. The summed E-state index contributed by atoms with van der Waals surface area (Å²) in [5.41, 5.74) is 8.08. The number of hydrogen-bond acceptors (Lipinski definition) is 6. The maximum atomic E-state index is 12.3. The summed E-state index contributed by atoms with van der Waals surface area (Å²) in [6, 6.07) is 13.1. The van der Waals surface area contributed by atoms with Crippen LogP contribution in [0.5, 0.6) is 5.75 Å². The lowest BCUT2D eigenvalue weighted by Crippen LogP contribution is -2.27. The van der Waals surface area contributed by atoms with Crippen LogP contribution in [0.3, 0.4) is 0 Å². The van der Waals surface area contributed by atoms with E-state index in [0.717, 1.165) is 5.56 Å². The normalized spacial score (nSPS) is 10.9. The number of urea groups is 1. The van der Waals surface area contributed by atoms with Crippen LogP contribution >= 0.6 is 0 Å². The first-order chi connectivity index (χ1) is 13.9. The van der Waals surface area contributed by atoms with E-state index in [9.17, 15) is 9.59 Å². The zero-order valence-electron chi connectivity index (χ0n) is 16.2. The molecule has 0 aliphatic heterocycles. The van der Waals surface area contributed by atoms with Crippen molar-refractivity contribution in [1.29, 1.82) is 5.26 Å². The van der Waals surface area contributed by atoms with Crippen LogP contribution < -0.4 is 26.4 Å². The number of nitrogens with zero attached hydrogens (tertiary/aromatic N) is 1. The SMILES string of the molecule is COc1cc(NC(=O)Nc2cccc([C@@H](C)NC(=O)OCCC#N)c2)ccc1N. The lowest BCUT2D eigenvalue weighted by molar-refractivity contribution is 0.145. The molecule has 1 atom stereocenters. The Hall–Kier alpha value is -3.93. The monoisotopic (exact) mass is 397 g/mol. The molecular formula is C20H23N5O4. The number of ether oxygens (including phenoxy) is 2. The number of nitrogens with two attached hydrogens (primary N) is 1. The Morgan fingerprint density at radius 2 is 1.90 bits per heavy atom. The van der Waals surface area contributed by atoms with Gasteiger partial charge >= 0.3 is 12.1 Å². The maximum Gasteiger partial charge on any atom is 0.407 e. The number of nitrogen functional groups attached to an aromatic ring is 1. The Morgan fingerprint density at radius 3 is 2.59 bits per heavy atom. The summed E-state index contributed by atoms with van der Waals surface area (Å²) in [5.74, 6) is 0.464. The highest BCUT2D eigenvalue weighted by Gasteiger charge is 2.12. The molecule has 2 aromatic rings. The van der Waals surface area contributed by atoms with Crippen molar-refractivity contribution in [2.24, 2.45) is 0 Å². The summed E-state index contributed by atoms with van der Waals surface area (Å²) >= 11 is 0. The number of amides is 3. The average molecular weight is 397 g/mol. The number of methoxy groups -OCH3 is 1. The van der Waals surface area contributed by atoms with Crippen LogP contribution in [0.2, 0.25) is 0 Å². The van der Waals surface area contributed by atoms with Gasteiger partial charge in [-0.1, -0.05) is 12.1 Å². The Bertz CT molecular complexity index is 910. The molecule has 0 unspecified atom stereocenters. The summed E-state index contributed by atoms with van der Waals surface area (Å²) < 4.78 is 10.0. The topological polar surface area (TPSA) is 139 Å². The predicted molar refractivity (Wildman–Crippen MR) is 110 cm³/mol. The fourth-order valence-electron chi connectivity index (χ4n) is 2.46. The number of hydrogen-bond donors (Lipinski definition) is 4. The maximum absolute atomic E-state index is 12.3. The molecule has 29 heavy (non-hydrogen) atoms. The van der Waals surface area contributed by atoms with Gasteiger partial charge in [0.05, 0.1) is 31.3 Å². The van der Waals surface area contributed by atoms with Crippen molar-refractivity contribution in [3.05, 3.63) is 48.0 Å². The van der Waals surface area contributed by atoms with Gasteiger partial charge in [-0.05, 0) is 36.8 Å². The van der Waals surface area contributed by atoms with E-state index in [1.807, 2.05) is 12.1 Å². The molecule has 0 bridgehead atoms. The molecule has 9 nitrogen and oxygen atoms in total. The number of rotatable bonds is 7. The molecule has 0 saturated heterocycles. The second-order valence-corrected chi connectivity index (χ2v) is 6.07. The first kappa shape index (κ1) is 21.4. The minimum Gasteiger partial charge on any atom is -0.495 e. The van der Waals surface area contributed by atoms with E-state index in [2.05, 4.69) is 16.0 Å². The second-order valence-electron chi connectivity index (χ2n) is 6.07. The van der Waals surface area contributed by atoms with Crippen LogP contribution in [-0.2, 0) is 4.74 Å². The van der Waals surface area contributed by atoms with Gasteiger partial charge in [0, 0.05) is 17.4 Å². The van der Waals surface area contributed by atoms with Crippen LogP contribution in [0.1, 0.15) is 24.9 Å². The Labute approximate surface area is 168 Å². The van der Waals surface area contributed by atoms with Gasteiger partial charge in [0.2, 0.25) is 0 Å². The highest BCUT2D eigenvalue weighted by Crippen LogP contribution is 2.25. The third-order valence-corrected chi connectivity index (χ3v) is 3.92. The van der Waals surface area contributed by atoms with Crippen molar-refractivity contribution in [2.45, 2.75) is 19.4 Å². The molecule has 2 rings (SSSR count). The number of anilines is 3. The number of benzene rings is 2. The number of carbonyl (C=O) groups excluding carboxylic acids is 2. The summed E-state index contributed by atoms with van der Waals surface area (Å²) in [4.78, 5) is 24.0. The molecule has 0 radical (unpaired) electrons. The lowest BCUT2D eigenvalue weighted by Gasteiger charge is -2.15. The van der Waals surface area contributed by atoms with E-state index in [1.54, 1.807) is 43.3 Å². The van der Waals surface area contributed by atoms with Crippen molar-refractivity contribution in [2.75, 3.05) is 30.1 Å². The van der Waals surface area contributed by atoms with Crippen LogP contribution in [0.15, 0.2) is 42.5 Å². The van der Waals surface area contributed by atoms with E-state index in [-0.39, 0.29) is 19.1 Å². The summed E-state index contributed by atoms with van der Waals surface area (Å²) in [7, 11) is 1.50. The number of nitriles is 1. The van der Waals surface area contributed by atoms with E-state index in [0.29, 0.717) is 22.8 Å². The molecule has 0 spiro atoms. The smallest absolute Gasteiger partial charge is 0.407 e. The predicted octanol–water partition coefficient (Wildman–Crippen LogP) is 3.62. The van der Waals surface area contributed by atoms with Crippen molar-refractivity contribution in [3.8, 4) is 11.8 Å². The van der Waals surface area contributed by atoms with Gasteiger partial charge in [-0.25, -0.2) is 9.59 Å². The Morgan fingerprint density at radius 1 is 1.17 bits per heavy atom. The zero-order chi connectivity index (χ0) is 21.2. The van der Waals surface area contributed by atoms with Gasteiger partial charge in [0.25, 0.3) is 0 Å². The minimum atomic E-state index is -0.610. The average Bonchev–Trinajstić information content (AvgIpc) is 2.69. The highest BCUT2D eigenvalue weighted by molar-refractivity contribution is 6.00. The molecule has 3 amide bonds. The second kappa shape index (κ2) is 10.4. The van der Waals surface area contributed by atoms with Crippen LogP contribution in [0.25, 0.3) is 0 Å². The molecule has 0 saturated carbocycles. The van der Waals surface area contributed by atoms with E-state index < -0.39 is 12.1 Å². The molecule has 0 aromatic heterocycles. The summed E-state index contributed by atoms with van der Waals surface area (Å²) in [6.45, 7) is 1.82. The van der Waals surface area contributed by atoms with E-state index in [1.165, 1.54) is 7.11 Å². The molecule has 0 fully saturated rings. The van der Waals surface area contributed by atoms with Gasteiger partial charge < -0.3 is 31.2 Å². The van der Waals surface area contributed by atoms with Crippen LogP contribution in [-0.4, -0.2) is 25.8 Å². The number of alkyl carbamates (subject to hydrolysis) is 1. The van der Waals surface area contributed by atoms with Gasteiger partial charge in [-0.3, -0.25) is 0 Å². The molecule has 5 N–H and O–H groups in total. The van der Waals surface area contributed by atoms with Crippen molar-refractivity contribution in [1.82, 2.24) is 5.32 Å². The fraction of sp³-hybridized carbons (Fsp3) is 0.250. The van der Waals surface area contributed by atoms with Gasteiger partial charge in [0.15, 0.2) is 0 Å². The molecular weight excluding hydrogens is 374 g/mol. The van der Waals surface area contributed by atoms with Gasteiger partial charge in [-0.15, -0.1) is 0 Å². The molecule has 2 aromatic carbocycles. The molecule has 0 aliphatic carbocycles. The highest BCUT2D eigenvalue weighted by atomic mass is 16.5. The minimum absolute atomic E-state index is 0.0345. The largest absolute Gasteiger partial charge is 0.495 e. The Balaban J connectivity index is 1.95. The molecule has 0 heterocycles. The standard InChI is InChI=1S/C20H23N5O4/c1-13(23-20(27)29-10-4-9-21)14-5-3-6-15(11-14)24-19(26)25-16-7-8-17(22)18(12-16)28-2/h3,5-8,11-13H,4,10,22H2,1-2H3,(H,23,27)(H2,24,25,26)/t13-/m1/s1. The van der Waals surface area contributed by atoms with Crippen LogP contribution in [0.4, 0.5) is 26.7 Å². The first-order valence-corrected chi connectivity index (χ1v) is 8.84. The molecule has 0 aliphatic rings. The van der Waals surface area contributed by atoms with Crippen molar-refractivity contribution in [3.63, 3.8) is 0 Å². The van der Waals surface area contributed by atoms with Crippen molar-refractivity contribution < 1.29 is 19.1 Å². The molecule has 9 heteroatoms. The summed E-state index contributed by atoms with van der Waals surface area (Å²) in [6.07, 6.45) is -0.475. The van der Waals surface area contributed by atoms with Crippen molar-refractivity contribution >= 4 is 29.2 Å². The number of nitrogens with one attached hydrogen (secondary N) is 3. The van der Waals surface area contributed by atoms with Crippen LogP contribution in [0, 0.1) is 11.3 Å². The first-order valence-electron chi connectivity index (χ1n) is 8.84. The third-order valence-electron chi connectivity index (χ3n) is 3.92. The zero-order valence-corrected chi connectivity index (χ0v) is 16.2. The lowest BCUT2D eigenvalue weighted by atomic mass is 10.1. The van der Waals surface area contributed by atoms with Gasteiger partial charge in [-0.2, -0.15) is 5.26 Å². The number of carbonyl (C=O) groups is 2. The summed E-state index contributed by atoms with van der Waals surface area (Å²) in [5, 5.41) is 16.6. The fourth-order valence-corrected chi connectivity index (χ4v) is 2.46. The Kier molecular flexibility index (Phi) is 7.68. The molecule has 152 valence electrons. The van der Waals surface area contributed by atoms with E-state index in [4.69, 9.17) is 20.5 Å². The van der Waals surface area contributed by atoms with Gasteiger partial charge in [0.1, 0.15) is 12.4 Å². The van der Waals surface area contributed by atoms with E-state index >= 15 is 0 Å². The quantitative estimate of drug-likeness (QED) is 0.416.